The number of aryl methyl sites for hydroxylation is 1. The number of hydrogen-bond acceptors (Lipinski definition) is 4. The number of nitrogens with one attached hydrogen (secondary N) is 2. The fourth-order valence-electron chi connectivity index (χ4n) is 1.59. The first-order valence-corrected chi connectivity index (χ1v) is 6.08. The second-order valence-corrected chi connectivity index (χ2v) is 5.45. The lowest BCUT2D eigenvalue weighted by atomic mass is 10.1. The van der Waals surface area contributed by atoms with Crippen LogP contribution in [0.1, 0.15) is 37.7 Å². The third-order valence-corrected chi connectivity index (χ3v) is 2.78. The third-order valence-electron chi connectivity index (χ3n) is 2.78. The summed E-state index contributed by atoms with van der Waals surface area (Å²) in [6.45, 7) is 9.82. The largest absolute Gasteiger partial charge is 0.307 e. The van der Waals surface area contributed by atoms with Crippen LogP contribution in [0.25, 0.3) is 0 Å². The van der Waals surface area contributed by atoms with Crippen molar-refractivity contribution >= 4 is 0 Å². The van der Waals surface area contributed by atoms with E-state index in [2.05, 4.69) is 46.6 Å². The van der Waals surface area contributed by atoms with E-state index in [-0.39, 0.29) is 5.54 Å². The highest BCUT2D eigenvalue weighted by molar-refractivity contribution is 5.13. The Bertz CT molecular complexity index is 505. The maximum absolute atomic E-state index is 4.15. The van der Waals surface area contributed by atoms with E-state index >= 15 is 0 Å². The van der Waals surface area contributed by atoms with Crippen LogP contribution in [0, 0.1) is 6.92 Å². The fourth-order valence-corrected chi connectivity index (χ4v) is 1.59. The van der Waals surface area contributed by atoms with Gasteiger partial charge in [-0.05, 0) is 27.7 Å². The topological polar surface area (TPSA) is 71.4 Å². The molecule has 98 valence electrons. The highest BCUT2D eigenvalue weighted by atomic mass is 15.4. The Balaban J connectivity index is 1.88. The van der Waals surface area contributed by atoms with Crippen LogP contribution in [0.3, 0.4) is 0 Å². The van der Waals surface area contributed by atoms with Crippen molar-refractivity contribution in [1.29, 1.82) is 0 Å². The molecule has 0 saturated heterocycles. The minimum atomic E-state index is -0.0214. The van der Waals surface area contributed by atoms with E-state index in [9.17, 15) is 0 Å². The van der Waals surface area contributed by atoms with Crippen molar-refractivity contribution in [2.75, 3.05) is 0 Å². The highest BCUT2D eigenvalue weighted by Crippen LogP contribution is 2.11. The third kappa shape index (κ3) is 2.95. The van der Waals surface area contributed by atoms with Gasteiger partial charge in [0.25, 0.3) is 0 Å². The van der Waals surface area contributed by atoms with E-state index in [1.54, 1.807) is 0 Å². The minimum absolute atomic E-state index is 0.0214. The summed E-state index contributed by atoms with van der Waals surface area (Å²) in [6, 6.07) is 0. The Hall–Kier alpha value is -1.69. The predicted molar refractivity (Wildman–Crippen MR) is 68.9 cm³/mol. The summed E-state index contributed by atoms with van der Waals surface area (Å²) >= 11 is 0. The van der Waals surface area contributed by atoms with Gasteiger partial charge in [0, 0.05) is 24.3 Å². The van der Waals surface area contributed by atoms with Crippen molar-refractivity contribution in [1.82, 2.24) is 30.5 Å². The lowest BCUT2D eigenvalue weighted by molar-refractivity contribution is 0.347. The molecule has 0 radical (unpaired) electrons. The molecule has 6 heteroatoms. The Morgan fingerprint density at radius 2 is 2.11 bits per heavy atom. The van der Waals surface area contributed by atoms with Crippen LogP contribution >= 0.6 is 0 Å². The van der Waals surface area contributed by atoms with Crippen molar-refractivity contribution in [3.05, 3.63) is 29.3 Å². The average molecular weight is 248 g/mol. The lowest BCUT2D eigenvalue weighted by Crippen LogP contribution is -2.22. The summed E-state index contributed by atoms with van der Waals surface area (Å²) in [5.41, 5.74) is 3.21. The van der Waals surface area contributed by atoms with Gasteiger partial charge in [0.05, 0.1) is 23.6 Å². The molecule has 2 aromatic rings. The molecule has 0 spiro atoms. The number of aromatic amines is 1. The Kier molecular flexibility index (Phi) is 3.47. The van der Waals surface area contributed by atoms with Gasteiger partial charge in [0.15, 0.2) is 0 Å². The van der Waals surface area contributed by atoms with Gasteiger partial charge >= 0.3 is 0 Å². The molecule has 2 rings (SSSR count). The molecule has 0 bridgehead atoms. The number of H-pyrrole nitrogens is 1. The Labute approximate surface area is 107 Å². The maximum Gasteiger partial charge on any atom is 0.0965 e. The molecule has 2 aromatic heterocycles. The van der Waals surface area contributed by atoms with Gasteiger partial charge in [-0.3, -0.25) is 5.10 Å². The molecule has 2 heterocycles. The van der Waals surface area contributed by atoms with E-state index in [1.807, 2.05) is 24.0 Å². The number of rotatable bonds is 4. The molecule has 0 aliphatic heterocycles. The zero-order valence-electron chi connectivity index (χ0n) is 11.4. The molecule has 0 fully saturated rings. The van der Waals surface area contributed by atoms with Crippen LogP contribution in [0.15, 0.2) is 12.4 Å². The van der Waals surface area contributed by atoms with Gasteiger partial charge in [-0.2, -0.15) is 5.10 Å². The second-order valence-electron chi connectivity index (χ2n) is 5.45. The van der Waals surface area contributed by atoms with E-state index in [0.29, 0.717) is 6.54 Å². The molecular weight excluding hydrogens is 228 g/mol. The summed E-state index contributed by atoms with van der Waals surface area (Å²) in [5.74, 6) is 0. The molecule has 0 amide bonds. The van der Waals surface area contributed by atoms with Crippen molar-refractivity contribution in [3.63, 3.8) is 0 Å². The molecule has 0 aliphatic rings. The van der Waals surface area contributed by atoms with E-state index in [1.165, 1.54) is 5.56 Å². The first-order valence-electron chi connectivity index (χ1n) is 6.08. The van der Waals surface area contributed by atoms with Gasteiger partial charge in [0.2, 0.25) is 0 Å². The van der Waals surface area contributed by atoms with Crippen LogP contribution in [0.4, 0.5) is 0 Å². The van der Waals surface area contributed by atoms with Crippen molar-refractivity contribution in [3.8, 4) is 0 Å². The summed E-state index contributed by atoms with van der Waals surface area (Å²) in [4.78, 5) is 0. The van der Waals surface area contributed by atoms with Crippen LogP contribution in [-0.4, -0.2) is 25.2 Å². The maximum atomic E-state index is 4.15. The monoisotopic (exact) mass is 248 g/mol. The first kappa shape index (κ1) is 12.8. The Morgan fingerprint density at radius 3 is 2.67 bits per heavy atom. The zero-order chi connectivity index (χ0) is 13.2. The van der Waals surface area contributed by atoms with E-state index in [4.69, 9.17) is 0 Å². The van der Waals surface area contributed by atoms with Gasteiger partial charge in [-0.1, -0.05) is 5.21 Å². The molecule has 0 atom stereocenters. The van der Waals surface area contributed by atoms with E-state index < -0.39 is 0 Å². The van der Waals surface area contributed by atoms with Crippen molar-refractivity contribution in [2.24, 2.45) is 0 Å². The number of nitrogens with zero attached hydrogens (tertiary/aromatic N) is 4. The normalized spacial score (nSPS) is 12.0. The fraction of sp³-hybridized carbons (Fsp3) is 0.583. The smallest absolute Gasteiger partial charge is 0.0965 e. The van der Waals surface area contributed by atoms with Crippen molar-refractivity contribution < 1.29 is 0 Å². The lowest BCUT2D eigenvalue weighted by Gasteiger charge is -2.17. The molecule has 0 aromatic carbocycles. The molecule has 6 nitrogen and oxygen atoms in total. The second kappa shape index (κ2) is 4.89. The van der Waals surface area contributed by atoms with Gasteiger partial charge in [-0.25, -0.2) is 4.68 Å². The van der Waals surface area contributed by atoms with Gasteiger partial charge in [-0.15, -0.1) is 5.10 Å². The number of hydrogen-bond donors (Lipinski definition) is 2. The zero-order valence-corrected chi connectivity index (χ0v) is 11.4. The Morgan fingerprint density at radius 1 is 1.33 bits per heavy atom. The van der Waals surface area contributed by atoms with Crippen LogP contribution in [-0.2, 0) is 18.6 Å². The number of aromatic nitrogens is 5. The summed E-state index contributed by atoms with van der Waals surface area (Å²) in [5, 5.41) is 18.5. The minimum Gasteiger partial charge on any atom is -0.307 e. The predicted octanol–water partition coefficient (Wildman–Crippen LogP) is 1.35. The summed E-state index contributed by atoms with van der Waals surface area (Å²) < 4.78 is 1.88. The molecule has 2 N–H and O–H groups in total. The van der Waals surface area contributed by atoms with E-state index in [0.717, 1.165) is 17.9 Å². The van der Waals surface area contributed by atoms with Crippen molar-refractivity contribution in [2.45, 2.75) is 46.3 Å². The quantitative estimate of drug-likeness (QED) is 0.857. The summed E-state index contributed by atoms with van der Waals surface area (Å²) in [6.07, 6.45) is 3.82. The summed E-state index contributed by atoms with van der Waals surface area (Å²) in [7, 11) is 0. The molecular formula is C12H20N6. The van der Waals surface area contributed by atoms with Crippen LogP contribution in [0.5, 0.6) is 0 Å². The molecule has 0 saturated carbocycles. The molecule has 0 unspecified atom stereocenters. The highest BCUT2D eigenvalue weighted by Gasteiger charge is 2.14. The van der Waals surface area contributed by atoms with Crippen LogP contribution in [0.2, 0.25) is 0 Å². The van der Waals surface area contributed by atoms with Gasteiger partial charge < -0.3 is 5.32 Å². The molecule has 0 aliphatic carbocycles. The average Bonchev–Trinajstić information content (AvgIpc) is 2.88. The van der Waals surface area contributed by atoms with Crippen LogP contribution < -0.4 is 5.32 Å². The molecule has 18 heavy (non-hydrogen) atoms. The SMILES string of the molecule is Cc1[nH]ncc1CNCc1cn(C(C)(C)C)nn1. The standard InChI is InChI=1S/C12H20N6/c1-9-10(6-14-15-9)5-13-7-11-8-18(17-16-11)12(2,3)4/h6,8,13H,5,7H2,1-4H3,(H,14,15). The first-order chi connectivity index (χ1) is 8.47. The van der Waals surface area contributed by atoms with Gasteiger partial charge in [0.1, 0.15) is 0 Å².